The van der Waals surface area contributed by atoms with Crippen LogP contribution in [0.1, 0.15) is 9.67 Å². The van der Waals surface area contributed by atoms with Crippen LogP contribution in [0.3, 0.4) is 0 Å². The number of carbonyl (C=O) groups is 1. The smallest absolute Gasteiger partial charge is 0.264 e. The van der Waals surface area contributed by atoms with E-state index < -0.39 is 0 Å². The maximum atomic E-state index is 13.6. The third-order valence-electron chi connectivity index (χ3n) is 3.12. The number of hydrogen-bond acceptors (Lipinski definition) is 3. The number of halogens is 1. The zero-order chi connectivity index (χ0) is 12.5. The predicted octanol–water partition coefficient (Wildman–Crippen LogP) is 2.09. The molecule has 5 heteroatoms. The fourth-order valence-electron chi connectivity index (χ4n) is 2.15. The van der Waals surface area contributed by atoms with Gasteiger partial charge in [-0.2, -0.15) is 0 Å². The molecule has 1 N–H and O–H groups in total. The summed E-state index contributed by atoms with van der Waals surface area (Å²) in [7, 11) is 0. The molecule has 3 nitrogen and oxygen atoms in total. The van der Waals surface area contributed by atoms with Crippen LogP contribution >= 0.6 is 11.3 Å². The maximum Gasteiger partial charge on any atom is 0.264 e. The van der Waals surface area contributed by atoms with E-state index in [2.05, 4.69) is 5.32 Å². The zero-order valence-electron chi connectivity index (χ0n) is 9.78. The fraction of sp³-hybridized carbons (Fsp3) is 0.308. The van der Waals surface area contributed by atoms with E-state index in [1.165, 1.54) is 17.4 Å². The molecule has 0 bridgehead atoms. The minimum absolute atomic E-state index is 0.0112. The summed E-state index contributed by atoms with van der Waals surface area (Å²) in [5.41, 5.74) is 0. The lowest BCUT2D eigenvalue weighted by Crippen LogP contribution is -2.46. The normalized spacial score (nSPS) is 16.2. The molecule has 1 fully saturated rings. The first-order valence-electron chi connectivity index (χ1n) is 5.94. The molecule has 0 spiro atoms. The molecule has 1 aromatic heterocycles. The summed E-state index contributed by atoms with van der Waals surface area (Å²) in [6, 6.07) is 6.61. The minimum Gasteiger partial charge on any atom is -0.335 e. The van der Waals surface area contributed by atoms with Gasteiger partial charge in [-0.15, -0.1) is 11.3 Å². The Kier molecular flexibility index (Phi) is 3.01. The highest BCUT2D eigenvalue weighted by Gasteiger charge is 2.20. The summed E-state index contributed by atoms with van der Waals surface area (Å²) < 4.78 is 14.4. The van der Waals surface area contributed by atoms with Crippen LogP contribution in [0.25, 0.3) is 10.1 Å². The van der Waals surface area contributed by atoms with Crippen molar-refractivity contribution in [2.45, 2.75) is 0 Å². The van der Waals surface area contributed by atoms with Gasteiger partial charge < -0.3 is 10.2 Å². The number of nitrogens with zero attached hydrogens (tertiary/aromatic N) is 1. The van der Waals surface area contributed by atoms with Crippen molar-refractivity contribution in [1.29, 1.82) is 0 Å². The second-order valence-corrected chi connectivity index (χ2v) is 5.39. The fourth-order valence-corrected chi connectivity index (χ4v) is 3.20. The maximum absolute atomic E-state index is 13.6. The Morgan fingerprint density at radius 1 is 1.33 bits per heavy atom. The lowest BCUT2D eigenvalue weighted by Gasteiger charge is -2.26. The summed E-state index contributed by atoms with van der Waals surface area (Å²) >= 11 is 1.36. The predicted molar refractivity (Wildman–Crippen MR) is 70.6 cm³/mol. The average Bonchev–Trinajstić information content (AvgIpc) is 2.84. The molecule has 0 radical (unpaired) electrons. The van der Waals surface area contributed by atoms with Crippen molar-refractivity contribution >= 4 is 27.3 Å². The highest BCUT2D eigenvalue weighted by Crippen LogP contribution is 2.28. The molecule has 3 rings (SSSR count). The van der Waals surface area contributed by atoms with Gasteiger partial charge in [0.15, 0.2) is 0 Å². The standard InChI is InChI=1S/C13H13FN2OS/c14-10-2-1-3-11-9(10)8-12(18-11)13(17)16-6-4-15-5-7-16/h1-3,8,15H,4-7H2. The first kappa shape index (κ1) is 11.6. The van der Waals surface area contributed by atoms with Crippen molar-refractivity contribution in [3.05, 3.63) is 35.0 Å². The van der Waals surface area contributed by atoms with Crippen LogP contribution < -0.4 is 5.32 Å². The van der Waals surface area contributed by atoms with Crippen molar-refractivity contribution in [2.75, 3.05) is 26.2 Å². The Bertz CT molecular complexity index is 590. The van der Waals surface area contributed by atoms with E-state index >= 15 is 0 Å². The van der Waals surface area contributed by atoms with Crippen LogP contribution in [-0.4, -0.2) is 37.0 Å². The van der Waals surface area contributed by atoms with Crippen LogP contribution in [0.5, 0.6) is 0 Å². The summed E-state index contributed by atoms with van der Waals surface area (Å²) in [5.74, 6) is -0.250. The minimum atomic E-state index is -0.261. The van der Waals surface area contributed by atoms with Crippen molar-refractivity contribution in [3.8, 4) is 0 Å². The molecule has 2 heterocycles. The van der Waals surface area contributed by atoms with E-state index in [0.717, 1.165) is 30.9 Å². The summed E-state index contributed by atoms with van der Waals surface area (Å²) in [6.07, 6.45) is 0. The zero-order valence-corrected chi connectivity index (χ0v) is 10.6. The Morgan fingerprint density at radius 3 is 2.83 bits per heavy atom. The van der Waals surface area contributed by atoms with Gasteiger partial charge in [-0.05, 0) is 18.2 Å². The second-order valence-electron chi connectivity index (χ2n) is 4.30. The molecule has 0 aliphatic carbocycles. The van der Waals surface area contributed by atoms with Gasteiger partial charge >= 0.3 is 0 Å². The number of thiophene rings is 1. The van der Waals surface area contributed by atoms with Gasteiger partial charge in [0.2, 0.25) is 0 Å². The van der Waals surface area contributed by atoms with E-state index in [1.807, 2.05) is 11.0 Å². The SMILES string of the molecule is O=C(c1cc2c(F)cccc2s1)N1CCNCC1. The number of carbonyl (C=O) groups excluding carboxylic acids is 1. The first-order chi connectivity index (χ1) is 8.75. The number of piperazine rings is 1. The number of amides is 1. The molecule has 2 aromatic rings. The number of rotatable bonds is 1. The molecular weight excluding hydrogens is 251 g/mol. The number of fused-ring (bicyclic) bond motifs is 1. The highest BCUT2D eigenvalue weighted by molar-refractivity contribution is 7.20. The number of benzene rings is 1. The van der Waals surface area contributed by atoms with Gasteiger partial charge in [0.25, 0.3) is 5.91 Å². The monoisotopic (exact) mass is 264 g/mol. The first-order valence-corrected chi connectivity index (χ1v) is 6.75. The molecule has 1 saturated heterocycles. The van der Waals surface area contributed by atoms with Crippen molar-refractivity contribution in [2.24, 2.45) is 0 Å². The Hall–Kier alpha value is -1.46. The molecule has 0 saturated carbocycles. The van der Waals surface area contributed by atoms with Gasteiger partial charge in [-0.3, -0.25) is 4.79 Å². The quantitative estimate of drug-likeness (QED) is 0.855. The van der Waals surface area contributed by atoms with Gasteiger partial charge in [-0.1, -0.05) is 6.07 Å². The Balaban J connectivity index is 1.94. The molecular formula is C13H13FN2OS. The third-order valence-corrected chi connectivity index (χ3v) is 4.21. The molecule has 1 aliphatic heterocycles. The Morgan fingerprint density at radius 2 is 2.11 bits per heavy atom. The van der Waals surface area contributed by atoms with Gasteiger partial charge in [-0.25, -0.2) is 4.39 Å². The molecule has 1 aliphatic rings. The van der Waals surface area contributed by atoms with Crippen LogP contribution in [0.2, 0.25) is 0 Å². The van der Waals surface area contributed by atoms with Crippen molar-refractivity contribution in [3.63, 3.8) is 0 Å². The van der Waals surface area contributed by atoms with Gasteiger partial charge in [0, 0.05) is 36.3 Å². The van der Waals surface area contributed by atoms with E-state index in [9.17, 15) is 9.18 Å². The molecule has 94 valence electrons. The van der Waals surface area contributed by atoms with E-state index in [-0.39, 0.29) is 11.7 Å². The number of hydrogen-bond donors (Lipinski definition) is 1. The van der Waals surface area contributed by atoms with E-state index in [1.54, 1.807) is 12.1 Å². The number of nitrogens with one attached hydrogen (secondary N) is 1. The van der Waals surface area contributed by atoms with Gasteiger partial charge in [0.1, 0.15) is 5.82 Å². The average molecular weight is 264 g/mol. The van der Waals surface area contributed by atoms with Crippen LogP contribution in [0.4, 0.5) is 4.39 Å². The van der Waals surface area contributed by atoms with Crippen molar-refractivity contribution in [1.82, 2.24) is 10.2 Å². The summed E-state index contributed by atoms with van der Waals surface area (Å²) in [6.45, 7) is 3.08. The Labute approximate surface area is 108 Å². The second kappa shape index (κ2) is 4.66. The van der Waals surface area contributed by atoms with E-state index in [0.29, 0.717) is 10.3 Å². The lowest BCUT2D eigenvalue weighted by molar-refractivity contribution is 0.0741. The largest absolute Gasteiger partial charge is 0.335 e. The van der Waals surface area contributed by atoms with Gasteiger partial charge in [0.05, 0.1) is 4.88 Å². The lowest BCUT2D eigenvalue weighted by atomic mass is 10.2. The topological polar surface area (TPSA) is 32.3 Å². The van der Waals surface area contributed by atoms with Crippen molar-refractivity contribution < 1.29 is 9.18 Å². The van der Waals surface area contributed by atoms with Crippen LogP contribution in [-0.2, 0) is 0 Å². The highest BCUT2D eigenvalue weighted by atomic mass is 32.1. The molecule has 1 amide bonds. The molecule has 1 aromatic carbocycles. The molecule has 0 unspecified atom stereocenters. The summed E-state index contributed by atoms with van der Waals surface area (Å²) in [5, 5.41) is 3.75. The summed E-state index contributed by atoms with van der Waals surface area (Å²) in [4.78, 5) is 14.7. The third kappa shape index (κ3) is 2.00. The van der Waals surface area contributed by atoms with E-state index in [4.69, 9.17) is 0 Å². The van der Waals surface area contributed by atoms with Crippen LogP contribution in [0.15, 0.2) is 24.3 Å². The van der Waals surface area contributed by atoms with Crippen LogP contribution in [0, 0.1) is 5.82 Å². The molecule has 18 heavy (non-hydrogen) atoms. The molecule has 0 atom stereocenters.